The largest absolute Gasteiger partial charge is 0.354 e. The van der Waals surface area contributed by atoms with E-state index in [4.69, 9.17) is 0 Å². The molecule has 1 fully saturated rings. The maximum atomic E-state index is 13.5. The summed E-state index contributed by atoms with van der Waals surface area (Å²) in [7, 11) is 0. The monoisotopic (exact) mass is 300 g/mol. The van der Waals surface area contributed by atoms with Gasteiger partial charge in [0.1, 0.15) is 11.5 Å². The van der Waals surface area contributed by atoms with Crippen molar-refractivity contribution < 1.29 is 9.18 Å². The van der Waals surface area contributed by atoms with Gasteiger partial charge >= 0.3 is 0 Å². The molecule has 0 saturated heterocycles. The quantitative estimate of drug-likeness (QED) is 0.858. The summed E-state index contributed by atoms with van der Waals surface area (Å²) in [6, 6.07) is 8.53. The molecule has 0 bridgehead atoms. The summed E-state index contributed by atoms with van der Waals surface area (Å²) < 4.78 is 13.5. The van der Waals surface area contributed by atoms with Crippen LogP contribution in [0.4, 0.5) is 10.3 Å². The van der Waals surface area contributed by atoms with Crippen molar-refractivity contribution in [2.45, 2.75) is 25.3 Å². The third-order valence-corrected chi connectivity index (χ3v) is 3.44. The van der Waals surface area contributed by atoms with Crippen molar-refractivity contribution in [1.29, 1.82) is 0 Å². The van der Waals surface area contributed by atoms with E-state index in [9.17, 15) is 9.18 Å². The standard InChI is InChI=1S/C16H17FN4O/c17-13-4-2-1-3-11(13)7-9-18-16-19-10-8-14(21-16)15(22)20-12-5-6-12/h1-4,8,10,12H,5-7,9H2,(H,20,22)(H,18,19,21). The average molecular weight is 300 g/mol. The molecule has 1 heterocycles. The number of benzene rings is 1. The van der Waals surface area contributed by atoms with Gasteiger partial charge in [-0.25, -0.2) is 14.4 Å². The SMILES string of the molecule is O=C(NC1CC1)c1ccnc(NCCc2ccccc2F)n1. The molecule has 2 aromatic rings. The van der Waals surface area contributed by atoms with E-state index in [0.717, 1.165) is 12.8 Å². The molecule has 0 unspecified atom stereocenters. The number of amides is 1. The van der Waals surface area contributed by atoms with E-state index in [2.05, 4.69) is 20.6 Å². The Balaban J connectivity index is 1.56. The van der Waals surface area contributed by atoms with E-state index < -0.39 is 0 Å². The Labute approximate surface area is 128 Å². The zero-order chi connectivity index (χ0) is 15.4. The molecule has 5 nitrogen and oxygen atoms in total. The molecule has 1 aromatic heterocycles. The molecule has 22 heavy (non-hydrogen) atoms. The lowest BCUT2D eigenvalue weighted by molar-refractivity contribution is 0.0946. The third-order valence-electron chi connectivity index (χ3n) is 3.44. The minimum Gasteiger partial charge on any atom is -0.354 e. The van der Waals surface area contributed by atoms with Crippen LogP contribution in [0.1, 0.15) is 28.9 Å². The summed E-state index contributed by atoms with van der Waals surface area (Å²) >= 11 is 0. The van der Waals surface area contributed by atoms with Crippen LogP contribution in [-0.2, 0) is 6.42 Å². The Hall–Kier alpha value is -2.50. The summed E-state index contributed by atoms with van der Waals surface area (Å²) in [6.07, 6.45) is 4.13. The van der Waals surface area contributed by atoms with Crippen molar-refractivity contribution >= 4 is 11.9 Å². The average Bonchev–Trinajstić information content (AvgIpc) is 3.33. The Kier molecular flexibility index (Phi) is 4.27. The number of aromatic nitrogens is 2. The smallest absolute Gasteiger partial charge is 0.270 e. The highest BCUT2D eigenvalue weighted by Gasteiger charge is 2.24. The molecule has 0 spiro atoms. The molecule has 0 radical (unpaired) electrons. The van der Waals surface area contributed by atoms with Gasteiger partial charge in [-0.15, -0.1) is 0 Å². The molecule has 1 aliphatic carbocycles. The summed E-state index contributed by atoms with van der Waals surface area (Å²) in [5.74, 6) is -0.0235. The summed E-state index contributed by atoms with van der Waals surface area (Å²) in [5.41, 5.74) is 0.980. The number of anilines is 1. The highest BCUT2D eigenvalue weighted by molar-refractivity contribution is 5.92. The van der Waals surface area contributed by atoms with Crippen molar-refractivity contribution in [2.24, 2.45) is 0 Å². The van der Waals surface area contributed by atoms with Crippen molar-refractivity contribution in [3.63, 3.8) is 0 Å². The van der Waals surface area contributed by atoms with Gasteiger partial charge in [-0.05, 0) is 37.0 Å². The molecule has 2 N–H and O–H groups in total. The molecule has 6 heteroatoms. The van der Waals surface area contributed by atoms with E-state index in [-0.39, 0.29) is 11.7 Å². The number of halogens is 1. The predicted molar refractivity (Wildman–Crippen MR) is 81.1 cm³/mol. The fourth-order valence-corrected chi connectivity index (χ4v) is 2.07. The number of nitrogens with zero attached hydrogens (tertiary/aromatic N) is 2. The van der Waals surface area contributed by atoms with E-state index in [1.165, 1.54) is 6.07 Å². The van der Waals surface area contributed by atoms with E-state index >= 15 is 0 Å². The third kappa shape index (κ3) is 3.78. The molecule has 0 atom stereocenters. The Morgan fingerprint density at radius 3 is 2.86 bits per heavy atom. The van der Waals surface area contributed by atoms with Gasteiger partial charge in [0.05, 0.1) is 0 Å². The normalized spacial score (nSPS) is 13.7. The lowest BCUT2D eigenvalue weighted by atomic mass is 10.1. The number of hydrogen-bond acceptors (Lipinski definition) is 4. The lowest BCUT2D eigenvalue weighted by Crippen LogP contribution is -2.26. The first-order chi connectivity index (χ1) is 10.7. The van der Waals surface area contributed by atoms with Crippen LogP contribution >= 0.6 is 0 Å². The highest BCUT2D eigenvalue weighted by Crippen LogP contribution is 2.19. The minimum absolute atomic E-state index is 0.179. The first-order valence-electron chi connectivity index (χ1n) is 7.33. The van der Waals surface area contributed by atoms with Gasteiger partial charge in [0.15, 0.2) is 0 Å². The maximum absolute atomic E-state index is 13.5. The van der Waals surface area contributed by atoms with Gasteiger partial charge in [0, 0.05) is 18.8 Å². The van der Waals surface area contributed by atoms with Gasteiger partial charge in [0.25, 0.3) is 5.91 Å². The summed E-state index contributed by atoms with van der Waals surface area (Å²) in [6.45, 7) is 0.495. The number of carbonyl (C=O) groups is 1. The molecular weight excluding hydrogens is 283 g/mol. The van der Waals surface area contributed by atoms with Gasteiger partial charge < -0.3 is 10.6 Å². The minimum atomic E-state index is -0.220. The fourth-order valence-electron chi connectivity index (χ4n) is 2.07. The van der Waals surface area contributed by atoms with Crippen molar-refractivity contribution in [3.8, 4) is 0 Å². The Bertz CT molecular complexity index is 673. The second kappa shape index (κ2) is 6.51. The first kappa shape index (κ1) is 14.4. The number of hydrogen-bond donors (Lipinski definition) is 2. The van der Waals surface area contributed by atoms with Crippen molar-refractivity contribution in [1.82, 2.24) is 15.3 Å². The zero-order valence-corrected chi connectivity index (χ0v) is 12.1. The second-order valence-electron chi connectivity index (χ2n) is 5.28. The van der Waals surface area contributed by atoms with Crippen LogP contribution in [0.15, 0.2) is 36.5 Å². The second-order valence-corrected chi connectivity index (χ2v) is 5.28. The molecule has 1 amide bonds. The van der Waals surface area contributed by atoms with Crippen LogP contribution in [0.3, 0.4) is 0 Å². The topological polar surface area (TPSA) is 66.9 Å². The molecule has 1 aliphatic rings. The van der Waals surface area contributed by atoms with Gasteiger partial charge in [0.2, 0.25) is 5.95 Å². The van der Waals surface area contributed by atoms with Crippen LogP contribution < -0.4 is 10.6 Å². The predicted octanol–water partition coefficient (Wildman–Crippen LogP) is 2.16. The molecular formula is C16H17FN4O. The fraction of sp³-hybridized carbons (Fsp3) is 0.312. The van der Waals surface area contributed by atoms with Crippen LogP contribution in [0.5, 0.6) is 0 Å². The number of carbonyl (C=O) groups excluding carboxylic acids is 1. The first-order valence-corrected chi connectivity index (χ1v) is 7.33. The van der Waals surface area contributed by atoms with Crippen LogP contribution in [0.2, 0.25) is 0 Å². The number of nitrogens with one attached hydrogen (secondary N) is 2. The molecule has 0 aliphatic heterocycles. The van der Waals surface area contributed by atoms with Gasteiger partial charge in [-0.3, -0.25) is 4.79 Å². The van der Waals surface area contributed by atoms with Crippen LogP contribution in [0.25, 0.3) is 0 Å². The molecule has 3 rings (SSSR count). The molecule has 1 saturated carbocycles. The Morgan fingerprint density at radius 2 is 2.09 bits per heavy atom. The van der Waals surface area contributed by atoms with Crippen molar-refractivity contribution in [3.05, 3.63) is 53.6 Å². The molecule has 114 valence electrons. The van der Waals surface area contributed by atoms with E-state index in [0.29, 0.717) is 36.2 Å². The summed E-state index contributed by atoms with van der Waals surface area (Å²) in [5, 5.41) is 5.90. The van der Waals surface area contributed by atoms with Gasteiger partial charge in [-0.1, -0.05) is 18.2 Å². The van der Waals surface area contributed by atoms with Gasteiger partial charge in [-0.2, -0.15) is 0 Å². The van der Waals surface area contributed by atoms with Crippen molar-refractivity contribution in [2.75, 3.05) is 11.9 Å². The molecule has 1 aromatic carbocycles. The number of rotatable bonds is 6. The lowest BCUT2D eigenvalue weighted by Gasteiger charge is -2.07. The highest BCUT2D eigenvalue weighted by atomic mass is 19.1. The maximum Gasteiger partial charge on any atom is 0.270 e. The van der Waals surface area contributed by atoms with E-state index in [1.54, 1.807) is 30.5 Å². The van der Waals surface area contributed by atoms with Crippen LogP contribution in [-0.4, -0.2) is 28.5 Å². The Morgan fingerprint density at radius 1 is 1.27 bits per heavy atom. The summed E-state index contributed by atoms with van der Waals surface area (Å²) in [4.78, 5) is 20.2. The zero-order valence-electron chi connectivity index (χ0n) is 12.1. The van der Waals surface area contributed by atoms with E-state index in [1.807, 2.05) is 0 Å². The van der Waals surface area contributed by atoms with Crippen LogP contribution in [0, 0.1) is 5.82 Å².